The highest BCUT2D eigenvalue weighted by Crippen LogP contribution is 2.08. The van der Waals surface area contributed by atoms with Crippen LogP contribution in [0.4, 0.5) is 0 Å². The zero-order valence-corrected chi connectivity index (χ0v) is 11.1. The van der Waals surface area contributed by atoms with Crippen LogP contribution in [0.25, 0.3) is 0 Å². The number of rotatable bonds is 9. The second-order valence-corrected chi connectivity index (χ2v) is 4.26. The number of hydrogen-bond donors (Lipinski definition) is 3. The summed E-state index contributed by atoms with van der Waals surface area (Å²) in [6.07, 6.45) is -0.559. The number of hydrogen-bond acceptors (Lipinski definition) is 4. The Hall–Kier alpha value is -2.08. The van der Waals surface area contributed by atoms with E-state index in [-0.39, 0.29) is 18.9 Å². The molecule has 20 heavy (non-hydrogen) atoms. The molecule has 0 saturated heterocycles. The number of carbonyl (C=O) groups is 2. The summed E-state index contributed by atoms with van der Waals surface area (Å²) < 4.78 is 5.43. The van der Waals surface area contributed by atoms with E-state index in [4.69, 9.17) is 14.9 Å². The van der Waals surface area contributed by atoms with E-state index in [9.17, 15) is 9.59 Å². The van der Waals surface area contributed by atoms with E-state index < -0.39 is 12.1 Å². The molecule has 0 saturated carbocycles. The number of aliphatic hydroxyl groups is 1. The first-order valence-electron chi connectivity index (χ1n) is 6.45. The summed E-state index contributed by atoms with van der Waals surface area (Å²) in [7, 11) is 0. The van der Waals surface area contributed by atoms with Crippen molar-refractivity contribution in [1.82, 2.24) is 5.32 Å². The zero-order valence-electron chi connectivity index (χ0n) is 11.1. The number of para-hydroxylation sites is 1. The first kappa shape index (κ1) is 16.0. The van der Waals surface area contributed by atoms with Gasteiger partial charge in [-0.15, -0.1) is 0 Å². The summed E-state index contributed by atoms with van der Waals surface area (Å²) in [5.74, 6) is -0.702. The second-order valence-electron chi connectivity index (χ2n) is 4.26. The summed E-state index contributed by atoms with van der Waals surface area (Å²) in [6, 6.07) is 9.32. The maximum absolute atomic E-state index is 11.4. The van der Waals surface area contributed by atoms with Crippen molar-refractivity contribution in [1.29, 1.82) is 0 Å². The van der Waals surface area contributed by atoms with Gasteiger partial charge in [0.05, 0.1) is 6.61 Å². The van der Waals surface area contributed by atoms with Crippen LogP contribution in [0.15, 0.2) is 30.3 Å². The van der Waals surface area contributed by atoms with Crippen molar-refractivity contribution in [3.05, 3.63) is 30.3 Å². The highest BCUT2D eigenvalue weighted by molar-refractivity contribution is 5.76. The number of nitrogens with one attached hydrogen (secondary N) is 1. The Bertz CT molecular complexity index is 421. The third kappa shape index (κ3) is 6.75. The minimum Gasteiger partial charge on any atom is -0.494 e. The number of carboxylic acids is 1. The van der Waals surface area contributed by atoms with Crippen LogP contribution in [0.3, 0.4) is 0 Å². The minimum absolute atomic E-state index is 0.00158. The Labute approximate surface area is 117 Å². The first-order valence-corrected chi connectivity index (χ1v) is 6.45. The molecular weight excluding hydrogens is 262 g/mol. The van der Waals surface area contributed by atoms with Gasteiger partial charge < -0.3 is 20.3 Å². The van der Waals surface area contributed by atoms with Crippen molar-refractivity contribution >= 4 is 11.9 Å². The van der Waals surface area contributed by atoms with Crippen LogP contribution in [0, 0.1) is 0 Å². The standard InChI is InChI=1S/C14H19NO5/c16-12(14(18)19)8-9-15-13(17)7-4-10-20-11-5-2-1-3-6-11/h1-3,5-6,12,16H,4,7-10H2,(H,15,17)(H,18,19). The second kappa shape index (κ2) is 8.92. The Morgan fingerprint density at radius 2 is 1.95 bits per heavy atom. The normalized spacial score (nSPS) is 11.7. The third-order valence-corrected chi connectivity index (χ3v) is 2.59. The Kier molecular flexibility index (Phi) is 7.13. The highest BCUT2D eigenvalue weighted by atomic mass is 16.5. The molecule has 0 radical (unpaired) electrons. The molecule has 1 unspecified atom stereocenters. The molecule has 1 aromatic rings. The van der Waals surface area contributed by atoms with E-state index in [1.807, 2.05) is 30.3 Å². The van der Waals surface area contributed by atoms with E-state index in [0.717, 1.165) is 5.75 Å². The van der Waals surface area contributed by atoms with E-state index in [1.165, 1.54) is 0 Å². The highest BCUT2D eigenvalue weighted by Gasteiger charge is 2.12. The van der Waals surface area contributed by atoms with Crippen LogP contribution < -0.4 is 10.1 Å². The first-order chi connectivity index (χ1) is 9.59. The SMILES string of the molecule is O=C(CCCOc1ccccc1)NCCC(O)C(=O)O. The lowest BCUT2D eigenvalue weighted by Crippen LogP contribution is -2.30. The van der Waals surface area contributed by atoms with Gasteiger partial charge in [-0.05, 0) is 18.6 Å². The maximum atomic E-state index is 11.4. The Balaban J connectivity index is 2.04. The van der Waals surface area contributed by atoms with Crippen LogP contribution >= 0.6 is 0 Å². The Morgan fingerprint density at radius 1 is 1.25 bits per heavy atom. The van der Waals surface area contributed by atoms with E-state index >= 15 is 0 Å². The molecule has 110 valence electrons. The van der Waals surface area contributed by atoms with Gasteiger partial charge in [-0.2, -0.15) is 0 Å². The lowest BCUT2D eigenvalue weighted by molar-refractivity contribution is -0.147. The minimum atomic E-state index is -1.43. The smallest absolute Gasteiger partial charge is 0.332 e. The van der Waals surface area contributed by atoms with Gasteiger partial charge >= 0.3 is 5.97 Å². The molecule has 0 aliphatic heterocycles. The molecule has 0 heterocycles. The third-order valence-electron chi connectivity index (χ3n) is 2.59. The van der Waals surface area contributed by atoms with Crippen LogP contribution in [-0.4, -0.2) is 41.3 Å². The van der Waals surface area contributed by atoms with Crippen molar-refractivity contribution < 1.29 is 24.5 Å². The summed E-state index contributed by atoms with van der Waals surface area (Å²) in [5.41, 5.74) is 0. The number of ether oxygens (including phenoxy) is 1. The lowest BCUT2D eigenvalue weighted by Gasteiger charge is -2.08. The van der Waals surface area contributed by atoms with Crippen molar-refractivity contribution in [2.45, 2.75) is 25.4 Å². The average molecular weight is 281 g/mol. The predicted octanol–water partition coefficient (Wildman–Crippen LogP) is 0.797. The Morgan fingerprint density at radius 3 is 2.60 bits per heavy atom. The van der Waals surface area contributed by atoms with Gasteiger partial charge in [0.2, 0.25) is 5.91 Å². The quantitative estimate of drug-likeness (QED) is 0.582. The largest absolute Gasteiger partial charge is 0.494 e. The molecule has 1 aromatic carbocycles. The van der Waals surface area contributed by atoms with Crippen molar-refractivity contribution in [2.75, 3.05) is 13.2 Å². The summed E-state index contributed by atoms with van der Waals surface area (Å²) in [6.45, 7) is 0.584. The topological polar surface area (TPSA) is 95.9 Å². The van der Waals surface area contributed by atoms with Crippen molar-refractivity contribution in [2.24, 2.45) is 0 Å². The van der Waals surface area contributed by atoms with Gasteiger partial charge in [0.15, 0.2) is 6.10 Å². The molecule has 0 aliphatic carbocycles. The zero-order chi connectivity index (χ0) is 14.8. The van der Waals surface area contributed by atoms with Gasteiger partial charge in [-0.25, -0.2) is 4.79 Å². The summed E-state index contributed by atoms with van der Waals surface area (Å²) in [4.78, 5) is 21.8. The number of benzene rings is 1. The number of aliphatic hydroxyl groups excluding tert-OH is 1. The van der Waals surface area contributed by atoms with E-state index in [1.54, 1.807) is 0 Å². The molecule has 3 N–H and O–H groups in total. The van der Waals surface area contributed by atoms with Crippen LogP contribution in [0.5, 0.6) is 5.75 Å². The number of aliphatic carboxylic acids is 1. The summed E-state index contributed by atoms with van der Waals surface area (Å²) >= 11 is 0. The predicted molar refractivity (Wildman–Crippen MR) is 72.4 cm³/mol. The molecule has 6 nitrogen and oxygen atoms in total. The van der Waals surface area contributed by atoms with Crippen LogP contribution in [0.1, 0.15) is 19.3 Å². The van der Waals surface area contributed by atoms with Gasteiger partial charge in [0.25, 0.3) is 0 Å². The van der Waals surface area contributed by atoms with Gasteiger partial charge in [-0.1, -0.05) is 18.2 Å². The molecule has 0 aliphatic rings. The molecule has 6 heteroatoms. The molecule has 1 amide bonds. The average Bonchev–Trinajstić information content (AvgIpc) is 2.44. The maximum Gasteiger partial charge on any atom is 0.332 e. The van der Waals surface area contributed by atoms with Crippen LogP contribution in [0.2, 0.25) is 0 Å². The van der Waals surface area contributed by atoms with Crippen LogP contribution in [-0.2, 0) is 9.59 Å². The molecule has 0 fully saturated rings. The van der Waals surface area contributed by atoms with Gasteiger partial charge in [0, 0.05) is 19.4 Å². The molecule has 1 rings (SSSR count). The fourth-order valence-electron chi connectivity index (χ4n) is 1.50. The monoisotopic (exact) mass is 281 g/mol. The number of carbonyl (C=O) groups excluding carboxylic acids is 1. The molecule has 0 bridgehead atoms. The fraction of sp³-hybridized carbons (Fsp3) is 0.429. The van der Waals surface area contributed by atoms with Crippen molar-refractivity contribution in [3.63, 3.8) is 0 Å². The molecule has 0 spiro atoms. The molecule has 1 atom stereocenters. The number of carboxylic acid groups (broad SMARTS) is 1. The molecule has 0 aromatic heterocycles. The van der Waals surface area contributed by atoms with E-state index in [0.29, 0.717) is 19.4 Å². The lowest BCUT2D eigenvalue weighted by atomic mass is 10.2. The van der Waals surface area contributed by atoms with E-state index in [2.05, 4.69) is 5.32 Å². The number of amides is 1. The van der Waals surface area contributed by atoms with Crippen molar-refractivity contribution in [3.8, 4) is 5.75 Å². The fourth-order valence-corrected chi connectivity index (χ4v) is 1.50. The van der Waals surface area contributed by atoms with Gasteiger partial charge in [-0.3, -0.25) is 4.79 Å². The molecular formula is C14H19NO5. The van der Waals surface area contributed by atoms with Gasteiger partial charge in [0.1, 0.15) is 5.75 Å². The summed E-state index contributed by atoms with van der Waals surface area (Å²) in [5, 5.41) is 20.0.